The van der Waals surface area contributed by atoms with Crippen LogP contribution in [0.15, 0.2) is 39.8 Å². The Kier molecular flexibility index (Phi) is 6.40. The Morgan fingerprint density at radius 1 is 1.07 bits per heavy atom. The van der Waals surface area contributed by atoms with Crippen LogP contribution in [-0.2, 0) is 23.9 Å². The number of carbonyl (C=O) groups excluding carboxylic acids is 3. The standard InChI is InChI=1S/C33H37NO9/c1-31-11-10-24(42-29(38)18-8-9-18)32(2,16-40-28(37)17-6-7-17)22(31)14-23(35)33(3)27(31)26(36)25-21(43-33)13-20(41-30(25)39)19-5-4-12-34-15-19/h4-5,12-13,15,17-18,22,24,26-27,36H,6-11,14,16H2,1-3H3/t22?,24-,26-,27?,31-,32?,33+/m0/s1. The number of aliphatic hydroxyl groups excluding tert-OH is 1. The van der Waals surface area contributed by atoms with E-state index in [4.69, 9.17) is 18.6 Å². The predicted molar refractivity (Wildman–Crippen MR) is 151 cm³/mol. The molecule has 2 aromatic rings. The van der Waals surface area contributed by atoms with Gasteiger partial charge in [-0.25, -0.2) is 4.79 Å². The summed E-state index contributed by atoms with van der Waals surface area (Å²) in [7, 11) is 0. The number of aromatic nitrogens is 1. The minimum absolute atomic E-state index is 0.00787. The van der Waals surface area contributed by atoms with Crippen molar-refractivity contribution in [3.63, 3.8) is 0 Å². The highest BCUT2D eigenvalue weighted by Gasteiger charge is 2.70. The normalized spacial score (nSPS) is 36.4. The summed E-state index contributed by atoms with van der Waals surface area (Å²) in [5.74, 6) is -1.86. The number of fused-ring (bicyclic) bond motifs is 4. The summed E-state index contributed by atoms with van der Waals surface area (Å²) in [6.07, 6.45) is 5.47. The van der Waals surface area contributed by atoms with Crippen molar-refractivity contribution in [2.24, 2.45) is 34.5 Å². The Morgan fingerprint density at radius 2 is 1.79 bits per heavy atom. The summed E-state index contributed by atoms with van der Waals surface area (Å²) in [6.45, 7) is 5.62. The fourth-order valence-electron chi connectivity index (χ4n) is 8.22. The average Bonchev–Trinajstić information content (AvgIpc) is 3.88. The molecule has 0 spiro atoms. The topological polar surface area (TPSA) is 142 Å². The Morgan fingerprint density at radius 3 is 2.47 bits per heavy atom. The number of esters is 2. The van der Waals surface area contributed by atoms with Gasteiger partial charge in [0.2, 0.25) is 0 Å². The van der Waals surface area contributed by atoms with Gasteiger partial charge in [-0.15, -0.1) is 0 Å². The number of pyridine rings is 1. The maximum absolute atomic E-state index is 14.2. The molecule has 7 rings (SSSR count). The van der Waals surface area contributed by atoms with Crippen molar-refractivity contribution in [2.45, 2.75) is 83.5 Å². The summed E-state index contributed by atoms with van der Waals surface area (Å²) in [6, 6.07) is 4.99. The maximum Gasteiger partial charge on any atom is 0.345 e. The summed E-state index contributed by atoms with van der Waals surface area (Å²) in [4.78, 5) is 57.2. The SMILES string of the molecule is CC1(COC(=O)C2CC2)C2CC(=O)[C@@]3(C)Oc4cc(-c5cccnc5)oc(=O)c4[C@H](O)C3[C@@]2(C)CC[C@@H]1OC(=O)C1CC1. The molecule has 0 bridgehead atoms. The largest absolute Gasteiger partial charge is 0.479 e. The van der Waals surface area contributed by atoms with Crippen LogP contribution in [0, 0.1) is 34.5 Å². The minimum atomic E-state index is -1.43. The lowest BCUT2D eigenvalue weighted by Gasteiger charge is -2.64. The van der Waals surface area contributed by atoms with E-state index in [0.717, 1.165) is 25.7 Å². The van der Waals surface area contributed by atoms with Crippen LogP contribution in [0.1, 0.15) is 77.4 Å². The minimum Gasteiger partial charge on any atom is -0.479 e. The molecular weight excluding hydrogens is 554 g/mol. The molecule has 3 unspecified atom stereocenters. The Bertz CT molecular complexity index is 1550. The van der Waals surface area contributed by atoms with E-state index in [-0.39, 0.29) is 59.7 Å². The first-order valence-electron chi connectivity index (χ1n) is 15.3. The fraction of sp³-hybridized carbons (Fsp3) is 0.606. The molecule has 43 heavy (non-hydrogen) atoms. The highest BCUT2D eigenvalue weighted by atomic mass is 16.6. The van der Waals surface area contributed by atoms with Crippen molar-refractivity contribution in [3.05, 3.63) is 46.6 Å². The number of carbonyl (C=O) groups is 3. The molecule has 5 aliphatic rings. The lowest BCUT2D eigenvalue weighted by atomic mass is 9.43. The zero-order chi connectivity index (χ0) is 30.3. The van der Waals surface area contributed by atoms with Crippen LogP contribution in [0.5, 0.6) is 5.75 Å². The second-order valence-electron chi connectivity index (χ2n) is 13.9. The highest BCUT2D eigenvalue weighted by molar-refractivity contribution is 5.90. The lowest BCUT2D eigenvalue weighted by molar-refractivity contribution is -0.232. The fourth-order valence-corrected chi connectivity index (χ4v) is 8.22. The first kappa shape index (κ1) is 28.3. The third-order valence-corrected chi connectivity index (χ3v) is 11.0. The first-order chi connectivity index (χ1) is 20.5. The van der Waals surface area contributed by atoms with E-state index in [2.05, 4.69) is 4.98 Å². The van der Waals surface area contributed by atoms with Crippen molar-refractivity contribution in [1.29, 1.82) is 0 Å². The molecule has 0 radical (unpaired) electrons. The van der Waals surface area contributed by atoms with Gasteiger partial charge in [0.05, 0.1) is 17.9 Å². The molecule has 1 aliphatic heterocycles. The van der Waals surface area contributed by atoms with E-state index in [9.17, 15) is 24.3 Å². The zero-order valence-electron chi connectivity index (χ0n) is 24.7. The molecule has 3 heterocycles. The van der Waals surface area contributed by atoms with Gasteiger partial charge < -0.3 is 23.7 Å². The van der Waals surface area contributed by atoms with E-state index in [0.29, 0.717) is 18.4 Å². The van der Waals surface area contributed by atoms with Crippen LogP contribution in [0.2, 0.25) is 0 Å². The molecule has 10 nitrogen and oxygen atoms in total. The number of ether oxygens (including phenoxy) is 3. The first-order valence-corrected chi connectivity index (χ1v) is 15.3. The van der Waals surface area contributed by atoms with E-state index < -0.39 is 46.1 Å². The van der Waals surface area contributed by atoms with E-state index in [1.807, 2.05) is 13.8 Å². The monoisotopic (exact) mass is 591 g/mol. The molecule has 10 heteroatoms. The molecule has 228 valence electrons. The average molecular weight is 592 g/mol. The molecule has 1 N–H and O–H groups in total. The predicted octanol–water partition coefficient (Wildman–Crippen LogP) is 4.17. The molecule has 0 saturated heterocycles. The Hall–Kier alpha value is -3.53. The van der Waals surface area contributed by atoms with Crippen molar-refractivity contribution in [3.8, 4) is 17.1 Å². The van der Waals surface area contributed by atoms with Gasteiger partial charge in [-0.3, -0.25) is 19.4 Å². The van der Waals surface area contributed by atoms with Crippen LogP contribution >= 0.6 is 0 Å². The third-order valence-electron chi connectivity index (χ3n) is 11.0. The van der Waals surface area contributed by atoms with Gasteiger partial charge in [0.25, 0.3) is 0 Å². The van der Waals surface area contributed by atoms with E-state index >= 15 is 0 Å². The Balaban J connectivity index is 1.27. The molecule has 0 aromatic carbocycles. The van der Waals surface area contributed by atoms with Gasteiger partial charge in [-0.2, -0.15) is 0 Å². The third kappa shape index (κ3) is 4.43. The number of nitrogens with zero attached hydrogens (tertiary/aromatic N) is 1. The summed E-state index contributed by atoms with van der Waals surface area (Å²) < 4.78 is 24.0. The van der Waals surface area contributed by atoms with Crippen LogP contribution < -0.4 is 10.4 Å². The van der Waals surface area contributed by atoms with Gasteiger partial charge in [0, 0.05) is 41.8 Å². The second kappa shape index (κ2) is 9.74. The molecule has 0 amide bonds. The summed E-state index contributed by atoms with van der Waals surface area (Å²) >= 11 is 0. The summed E-state index contributed by atoms with van der Waals surface area (Å²) in [5.41, 5.74) is -3.26. The second-order valence-corrected chi connectivity index (χ2v) is 13.9. The number of hydrogen-bond acceptors (Lipinski definition) is 10. The van der Waals surface area contributed by atoms with Gasteiger partial charge in [-0.05, 0) is 68.9 Å². The van der Waals surface area contributed by atoms with Gasteiger partial charge >= 0.3 is 17.6 Å². The number of ketones is 1. The molecule has 4 fully saturated rings. The summed E-state index contributed by atoms with van der Waals surface area (Å²) in [5, 5.41) is 12.0. The van der Waals surface area contributed by atoms with E-state index in [1.54, 1.807) is 31.5 Å². The molecule has 7 atom stereocenters. The van der Waals surface area contributed by atoms with Crippen molar-refractivity contribution in [2.75, 3.05) is 6.61 Å². The molecule has 4 aliphatic carbocycles. The number of Topliss-reactive ketones (excluding diaryl/α,β-unsaturated/α-hetero) is 1. The number of rotatable bonds is 6. The van der Waals surface area contributed by atoms with Crippen LogP contribution in [0.25, 0.3) is 11.3 Å². The van der Waals surface area contributed by atoms with Crippen molar-refractivity contribution < 1.29 is 38.1 Å². The Labute approximate surface area is 249 Å². The maximum atomic E-state index is 14.2. The highest BCUT2D eigenvalue weighted by Crippen LogP contribution is 2.66. The van der Waals surface area contributed by atoms with Crippen LogP contribution in [0.4, 0.5) is 0 Å². The quantitative estimate of drug-likeness (QED) is 0.486. The van der Waals surface area contributed by atoms with Crippen LogP contribution in [0.3, 0.4) is 0 Å². The number of aliphatic hydroxyl groups is 1. The molecule has 2 aromatic heterocycles. The molecule has 4 saturated carbocycles. The van der Waals surface area contributed by atoms with Crippen molar-refractivity contribution in [1.82, 2.24) is 4.98 Å². The van der Waals surface area contributed by atoms with Gasteiger partial charge in [-0.1, -0.05) is 13.8 Å². The van der Waals surface area contributed by atoms with Crippen molar-refractivity contribution >= 4 is 17.7 Å². The lowest BCUT2D eigenvalue weighted by Crippen LogP contribution is -2.69. The van der Waals surface area contributed by atoms with Crippen LogP contribution in [-0.4, -0.2) is 46.1 Å². The smallest absolute Gasteiger partial charge is 0.345 e. The zero-order valence-corrected chi connectivity index (χ0v) is 24.7. The van der Waals surface area contributed by atoms with Gasteiger partial charge in [0.1, 0.15) is 29.8 Å². The van der Waals surface area contributed by atoms with Gasteiger partial charge in [0.15, 0.2) is 11.4 Å². The number of hydrogen-bond donors (Lipinski definition) is 1. The molecular formula is C33H37NO9. The van der Waals surface area contributed by atoms with E-state index in [1.165, 1.54) is 6.07 Å².